The average molecular weight is 260 g/mol. The minimum atomic E-state index is -3.32. The molecular weight excluding hydrogens is 250 g/mol. The van der Waals surface area contributed by atoms with Gasteiger partial charge in [0.15, 0.2) is 9.84 Å². The van der Waals surface area contributed by atoms with Crippen molar-refractivity contribution in [1.29, 1.82) is 0 Å². The van der Waals surface area contributed by atoms with Crippen LogP contribution in [0, 0.1) is 0 Å². The van der Waals surface area contributed by atoms with Crippen LogP contribution in [0.15, 0.2) is 35.7 Å². The number of anilines is 1. The predicted molar refractivity (Wildman–Crippen MR) is 63.4 cm³/mol. The quantitative estimate of drug-likeness (QED) is 0.843. The lowest BCUT2D eigenvalue weighted by Gasteiger charge is -2.06. The SMILES string of the molecule is C=CC(=O)Nc1cc(S(C)(=O)=O)ccc1Cl. The largest absolute Gasteiger partial charge is 0.321 e. The summed E-state index contributed by atoms with van der Waals surface area (Å²) in [5, 5.41) is 2.69. The van der Waals surface area contributed by atoms with Crippen LogP contribution >= 0.6 is 11.6 Å². The molecule has 1 amide bonds. The van der Waals surface area contributed by atoms with E-state index in [-0.39, 0.29) is 15.6 Å². The molecule has 0 atom stereocenters. The third-order valence-corrected chi connectivity index (χ3v) is 3.25. The van der Waals surface area contributed by atoms with Crippen LogP contribution in [0.4, 0.5) is 5.69 Å². The van der Waals surface area contributed by atoms with E-state index in [9.17, 15) is 13.2 Å². The van der Waals surface area contributed by atoms with Gasteiger partial charge in [0.25, 0.3) is 0 Å². The Labute approximate surface area is 98.8 Å². The molecule has 1 aromatic rings. The summed E-state index contributed by atoms with van der Waals surface area (Å²) in [6.45, 7) is 3.28. The smallest absolute Gasteiger partial charge is 0.247 e. The topological polar surface area (TPSA) is 63.2 Å². The van der Waals surface area contributed by atoms with Crippen molar-refractivity contribution in [2.75, 3.05) is 11.6 Å². The third kappa shape index (κ3) is 3.08. The van der Waals surface area contributed by atoms with Crippen LogP contribution in [0.25, 0.3) is 0 Å². The fourth-order valence-electron chi connectivity index (χ4n) is 1.01. The minimum absolute atomic E-state index is 0.0938. The molecule has 1 N–H and O–H groups in total. The minimum Gasteiger partial charge on any atom is -0.321 e. The van der Waals surface area contributed by atoms with E-state index >= 15 is 0 Å². The first kappa shape index (κ1) is 12.7. The van der Waals surface area contributed by atoms with Gasteiger partial charge < -0.3 is 5.32 Å². The van der Waals surface area contributed by atoms with Crippen LogP contribution in [0.2, 0.25) is 5.02 Å². The highest BCUT2D eigenvalue weighted by Crippen LogP contribution is 2.25. The van der Waals surface area contributed by atoms with Crippen molar-refractivity contribution in [2.24, 2.45) is 0 Å². The monoisotopic (exact) mass is 259 g/mol. The van der Waals surface area contributed by atoms with Crippen LogP contribution in [0.5, 0.6) is 0 Å². The summed E-state index contributed by atoms with van der Waals surface area (Å²) in [7, 11) is -3.32. The average Bonchev–Trinajstić information content (AvgIpc) is 2.19. The molecule has 0 saturated carbocycles. The number of rotatable bonds is 3. The summed E-state index contributed by atoms with van der Waals surface area (Å²) in [6.07, 6.45) is 2.15. The number of hydrogen-bond acceptors (Lipinski definition) is 3. The molecule has 6 heteroatoms. The number of nitrogens with one attached hydrogen (secondary N) is 1. The summed E-state index contributed by atoms with van der Waals surface area (Å²) in [5.41, 5.74) is 0.245. The fourth-order valence-corrected chi connectivity index (χ4v) is 1.83. The summed E-state index contributed by atoms with van der Waals surface area (Å²) >= 11 is 5.80. The Hall–Kier alpha value is -1.33. The number of hydrogen-bond donors (Lipinski definition) is 1. The van der Waals surface area contributed by atoms with Gasteiger partial charge in [0, 0.05) is 6.26 Å². The summed E-state index contributed by atoms with van der Waals surface area (Å²) < 4.78 is 22.6. The van der Waals surface area contributed by atoms with E-state index in [2.05, 4.69) is 11.9 Å². The number of halogens is 1. The zero-order valence-corrected chi connectivity index (χ0v) is 10.1. The molecule has 0 unspecified atom stereocenters. The molecule has 1 aromatic carbocycles. The first-order chi connectivity index (χ1) is 7.34. The fraction of sp³-hybridized carbons (Fsp3) is 0.100. The molecule has 0 fully saturated rings. The van der Waals surface area contributed by atoms with Crippen molar-refractivity contribution in [1.82, 2.24) is 0 Å². The van der Waals surface area contributed by atoms with Crippen LogP contribution < -0.4 is 5.32 Å². The highest BCUT2D eigenvalue weighted by atomic mass is 35.5. The van der Waals surface area contributed by atoms with E-state index in [0.29, 0.717) is 0 Å². The van der Waals surface area contributed by atoms with Gasteiger partial charge in [0.05, 0.1) is 15.6 Å². The van der Waals surface area contributed by atoms with E-state index in [1.165, 1.54) is 18.2 Å². The predicted octanol–water partition coefficient (Wildman–Crippen LogP) is 1.87. The van der Waals surface area contributed by atoms with Gasteiger partial charge in [-0.15, -0.1) is 0 Å². The molecule has 0 radical (unpaired) electrons. The summed E-state index contributed by atoms with van der Waals surface area (Å²) in [4.78, 5) is 11.2. The van der Waals surface area contributed by atoms with Crippen LogP contribution in [0.1, 0.15) is 0 Å². The van der Waals surface area contributed by atoms with E-state index in [1.54, 1.807) is 0 Å². The number of carbonyl (C=O) groups is 1. The number of carbonyl (C=O) groups excluding carboxylic acids is 1. The van der Waals surface area contributed by atoms with Gasteiger partial charge in [-0.3, -0.25) is 4.79 Å². The van der Waals surface area contributed by atoms with E-state index < -0.39 is 15.7 Å². The Kier molecular flexibility index (Phi) is 3.72. The van der Waals surface area contributed by atoms with E-state index in [4.69, 9.17) is 11.6 Å². The number of sulfone groups is 1. The lowest BCUT2D eigenvalue weighted by atomic mass is 10.3. The van der Waals surface area contributed by atoms with Crippen molar-refractivity contribution in [2.45, 2.75) is 4.90 Å². The highest BCUT2D eigenvalue weighted by Gasteiger charge is 2.11. The van der Waals surface area contributed by atoms with Gasteiger partial charge in [-0.2, -0.15) is 0 Å². The number of benzene rings is 1. The molecule has 0 aliphatic carbocycles. The van der Waals surface area contributed by atoms with Crippen molar-refractivity contribution < 1.29 is 13.2 Å². The van der Waals surface area contributed by atoms with Gasteiger partial charge in [-0.05, 0) is 24.3 Å². The standard InChI is InChI=1S/C10H10ClNO3S/c1-3-10(13)12-9-6-7(16(2,14)15)4-5-8(9)11/h3-6H,1H2,2H3,(H,12,13). The maximum atomic E-state index is 11.3. The van der Waals surface area contributed by atoms with Crippen molar-refractivity contribution >= 4 is 33.0 Å². The molecule has 0 heterocycles. The first-order valence-electron chi connectivity index (χ1n) is 4.27. The molecule has 0 spiro atoms. The van der Waals surface area contributed by atoms with Gasteiger partial charge in [0.2, 0.25) is 5.91 Å². The molecule has 0 aliphatic heterocycles. The van der Waals surface area contributed by atoms with Gasteiger partial charge in [0.1, 0.15) is 0 Å². The maximum Gasteiger partial charge on any atom is 0.247 e. The second-order valence-electron chi connectivity index (χ2n) is 3.11. The first-order valence-corrected chi connectivity index (χ1v) is 6.54. The van der Waals surface area contributed by atoms with E-state index in [0.717, 1.165) is 12.3 Å². The Bertz CT molecular complexity index is 537. The Morgan fingerprint density at radius 1 is 1.50 bits per heavy atom. The molecule has 0 aliphatic rings. The molecule has 0 aromatic heterocycles. The van der Waals surface area contributed by atoms with Gasteiger partial charge >= 0.3 is 0 Å². The Balaban J connectivity index is 3.19. The molecule has 4 nitrogen and oxygen atoms in total. The molecule has 0 saturated heterocycles. The molecule has 16 heavy (non-hydrogen) atoms. The Morgan fingerprint density at radius 3 is 2.62 bits per heavy atom. The maximum absolute atomic E-state index is 11.3. The van der Waals surface area contributed by atoms with Crippen molar-refractivity contribution in [3.8, 4) is 0 Å². The van der Waals surface area contributed by atoms with E-state index in [1.807, 2.05) is 0 Å². The van der Waals surface area contributed by atoms with Crippen LogP contribution in [-0.4, -0.2) is 20.6 Å². The lowest BCUT2D eigenvalue weighted by molar-refractivity contribution is -0.111. The molecule has 1 rings (SSSR count). The van der Waals surface area contributed by atoms with Crippen molar-refractivity contribution in [3.63, 3.8) is 0 Å². The lowest BCUT2D eigenvalue weighted by Crippen LogP contribution is -2.08. The molecule has 86 valence electrons. The third-order valence-electron chi connectivity index (χ3n) is 1.81. The zero-order valence-electron chi connectivity index (χ0n) is 8.53. The van der Waals surface area contributed by atoms with Crippen LogP contribution in [0.3, 0.4) is 0 Å². The highest BCUT2D eigenvalue weighted by molar-refractivity contribution is 7.90. The van der Waals surface area contributed by atoms with Crippen LogP contribution in [-0.2, 0) is 14.6 Å². The van der Waals surface area contributed by atoms with Gasteiger partial charge in [-0.25, -0.2) is 8.42 Å². The van der Waals surface area contributed by atoms with Gasteiger partial charge in [-0.1, -0.05) is 18.2 Å². The molecular formula is C10H10ClNO3S. The second-order valence-corrected chi connectivity index (χ2v) is 5.53. The normalized spacial score (nSPS) is 10.9. The second kappa shape index (κ2) is 4.67. The molecule has 0 bridgehead atoms. The zero-order chi connectivity index (χ0) is 12.3. The Morgan fingerprint density at radius 2 is 2.12 bits per heavy atom. The number of amides is 1. The van der Waals surface area contributed by atoms with Crippen molar-refractivity contribution in [3.05, 3.63) is 35.9 Å². The summed E-state index contributed by atoms with van der Waals surface area (Å²) in [6, 6.07) is 4.09. The summed E-state index contributed by atoms with van der Waals surface area (Å²) in [5.74, 6) is -0.451.